The first kappa shape index (κ1) is 16.3. The molecule has 5 heteroatoms. The quantitative estimate of drug-likeness (QED) is 0.751. The molecule has 5 rings (SSSR count). The van der Waals surface area contributed by atoms with E-state index in [9.17, 15) is 5.11 Å². The highest BCUT2D eigenvalue weighted by atomic mass is 35.5. The molecule has 1 N–H and O–H groups in total. The topological polar surface area (TPSA) is 41.3 Å². The van der Waals surface area contributed by atoms with Crippen LogP contribution in [0.15, 0.2) is 36.7 Å². The van der Waals surface area contributed by atoms with E-state index in [4.69, 9.17) is 11.6 Å². The van der Waals surface area contributed by atoms with Gasteiger partial charge in [-0.1, -0.05) is 11.6 Å². The summed E-state index contributed by atoms with van der Waals surface area (Å²) in [5, 5.41) is 13.3. The van der Waals surface area contributed by atoms with Gasteiger partial charge in [0.05, 0.1) is 6.54 Å². The molecule has 1 aromatic carbocycles. The Labute approximate surface area is 158 Å². The lowest BCUT2D eigenvalue weighted by molar-refractivity contribution is -0.00484. The van der Waals surface area contributed by atoms with Crippen molar-refractivity contribution in [2.75, 3.05) is 13.6 Å². The molecule has 3 aromatic rings. The van der Waals surface area contributed by atoms with Crippen LogP contribution in [0.5, 0.6) is 0 Å². The van der Waals surface area contributed by atoms with Crippen LogP contribution in [-0.2, 0) is 25.0 Å². The van der Waals surface area contributed by atoms with Gasteiger partial charge in [-0.2, -0.15) is 0 Å². The third-order valence-corrected chi connectivity index (χ3v) is 6.50. The summed E-state index contributed by atoms with van der Waals surface area (Å²) < 4.78 is 2.33. The third-order valence-electron chi connectivity index (χ3n) is 6.26. The van der Waals surface area contributed by atoms with Crippen molar-refractivity contribution in [1.29, 1.82) is 0 Å². The molecule has 0 spiro atoms. The Morgan fingerprint density at radius 3 is 3.00 bits per heavy atom. The molecule has 0 fully saturated rings. The number of hydrogen-bond acceptors (Lipinski definition) is 3. The number of benzene rings is 1. The Hall–Kier alpha value is -1.88. The minimum atomic E-state index is -0.815. The van der Waals surface area contributed by atoms with E-state index in [0.717, 1.165) is 34.6 Å². The second-order valence-corrected chi connectivity index (χ2v) is 8.19. The number of halogens is 1. The summed E-state index contributed by atoms with van der Waals surface area (Å²) >= 11 is 6.31. The van der Waals surface area contributed by atoms with Crippen LogP contribution >= 0.6 is 11.6 Å². The van der Waals surface area contributed by atoms with Crippen molar-refractivity contribution in [3.05, 3.63) is 64.1 Å². The lowest BCUT2D eigenvalue weighted by Gasteiger charge is -2.40. The molecule has 2 unspecified atom stereocenters. The summed E-state index contributed by atoms with van der Waals surface area (Å²) in [7, 11) is 2.17. The number of aliphatic hydroxyl groups is 1. The summed E-state index contributed by atoms with van der Waals surface area (Å²) in [4.78, 5) is 6.55. The van der Waals surface area contributed by atoms with Gasteiger partial charge in [-0.15, -0.1) is 0 Å². The minimum Gasteiger partial charge on any atom is -0.383 e. The van der Waals surface area contributed by atoms with Crippen molar-refractivity contribution in [2.45, 2.75) is 38.0 Å². The molecule has 0 amide bonds. The van der Waals surface area contributed by atoms with Crippen LogP contribution in [0.3, 0.4) is 0 Å². The number of likely N-dealkylation sites (N-methyl/N-ethyl adjacent to an activating group) is 1. The van der Waals surface area contributed by atoms with Gasteiger partial charge >= 0.3 is 0 Å². The predicted octanol–water partition coefficient (Wildman–Crippen LogP) is 3.68. The second-order valence-electron chi connectivity index (χ2n) is 7.76. The molecule has 2 aromatic heterocycles. The minimum absolute atomic E-state index is 0.341. The van der Waals surface area contributed by atoms with Crippen molar-refractivity contribution >= 4 is 22.5 Å². The highest BCUT2D eigenvalue weighted by molar-refractivity contribution is 6.31. The maximum absolute atomic E-state index is 11.3. The Kier molecular flexibility index (Phi) is 3.48. The standard InChI is InChI=1S/C21H22ClN3O/c1-13-20-16-9-15(22)3-4-18(16)25(19(20)6-8-24(13)2)12-21(26)10-14-11-23-7-5-17(14)21/h3-5,7,9,11,13,26H,6,8,10,12H2,1-2H3. The molecule has 4 nitrogen and oxygen atoms in total. The van der Waals surface area contributed by atoms with Crippen LogP contribution in [0, 0.1) is 0 Å². The van der Waals surface area contributed by atoms with Crippen molar-refractivity contribution in [1.82, 2.24) is 14.5 Å². The Morgan fingerprint density at radius 2 is 2.19 bits per heavy atom. The van der Waals surface area contributed by atoms with Crippen LogP contribution in [0.25, 0.3) is 10.9 Å². The number of nitrogens with zero attached hydrogens (tertiary/aromatic N) is 3. The van der Waals surface area contributed by atoms with Crippen molar-refractivity contribution in [3.8, 4) is 0 Å². The first-order chi connectivity index (χ1) is 12.5. The van der Waals surface area contributed by atoms with E-state index < -0.39 is 5.60 Å². The number of aromatic nitrogens is 2. The third kappa shape index (κ3) is 2.19. The monoisotopic (exact) mass is 367 g/mol. The SMILES string of the molecule is CC1c2c(n(CC3(O)Cc4cnccc43)c3ccc(Cl)cc23)CCN1C. The lowest BCUT2D eigenvalue weighted by atomic mass is 9.74. The summed E-state index contributed by atoms with van der Waals surface area (Å²) in [6, 6.07) is 8.41. The molecule has 0 bridgehead atoms. The zero-order valence-electron chi connectivity index (χ0n) is 15.0. The van der Waals surface area contributed by atoms with E-state index in [1.807, 2.05) is 18.3 Å². The number of fused-ring (bicyclic) bond motifs is 4. The zero-order valence-corrected chi connectivity index (χ0v) is 15.8. The molecule has 134 valence electrons. The van der Waals surface area contributed by atoms with Gasteiger partial charge in [0.2, 0.25) is 0 Å². The fourth-order valence-electron chi connectivity index (χ4n) is 4.75. The fourth-order valence-corrected chi connectivity index (χ4v) is 4.92. The van der Waals surface area contributed by atoms with Gasteiger partial charge in [-0.05, 0) is 54.9 Å². The Morgan fingerprint density at radius 1 is 1.35 bits per heavy atom. The van der Waals surface area contributed by atoms with Gasteiger partial charge in [-0.3, -0.25) is 9.88 Å². The molecule has 3 heterocycles. The van der Waals surface area contributed by atoms with Crippen LogP contribution in [0.4, 0.5) is 0 Å². The molecular formula is C21H22ClN3O. The van der Waals surface area contributed by atoms with Gasteiger partial charge in [0.1, 0.15) is 5.60 Å². The predicted molar refractivity (Wildman–Crippen MR) is 104 cm³/mol. The maximum Gasteiger partial charge on any atom is 0.112 e. The Balaban J connectivity index is 1.67. The number of hydrogen-bond donors (Lipinski definition) is 1. The molecule has 2 aliphatic rings. The Bertz CT molecular complexity index is 1030. The van der Waals surface area contributed by atoms with Gasteiger partial charge in [0.25, 0.3) is 0 Å². The van der Waals surface area contributed by atoms with Gasteiger partial charge in [0.15, 0.2) is 0 Å². The van der Waals surface area contributed by atoms with Crippen LogP contribution in [0.1, 0.15) is 35.3 Å². The van der Waals surface area contributed by atoms with Crippen LogP contribution in [0.2, 0.25) is 5.02 Å². The fraction of sp³-hybridized carbons (Fsp3) is 0.381. The average molecular weight is 368 g/mol. The highest BCUT2D eigenvalue weighted by Crippen LogP contribution is 2.43. The smallest absolute Gasteiger partial charge is 0.112 e. The second kappa shape index (κ2) is 5.56. The van der Waals surface area contributed by atoms with E-state index in [1.54, 1.807) is 6.20 Å². The molecule has 0 radical (unpaired) electrons. The summed E-state index contributed by atoms with van der Waals surface area (Å²) in [6.07, 6.45) is 5.28. The first-order valence-corrected chi connectivity index (χ1v) is 9.52. The zero-order chi connectivity index (χ0) is 18.1. The first-order valence-electron chi connectivity index (χ1n) is 9.14. The summed E-state index contributed by atoms with van der Waals surface area (Å²) in [5.41, 5.74) is 5.20. The van der Waals surface area contributed by atoms with E-state index in [0.29, 0.717) is 19.0 Å². The maximum atomic E-state index is 11.3. The lowest BCUT2D eigenvalue weighted by Crippen LogP contribution is -2.43. The van der Waals surface area contributed by atoms with Crippen molar-refractivity contribution in [3.63, 3.8) is 0 Å². The summed E-state index contributed by atoms with van der Waals surface area (Å²) in [6.45, 7) is 3.85. The number of rotatable bonds is 2. The summed E-state index contributed by atoms with van der Waals surface area (Å²) in [5.74, 6) is 0. The molecule has 1 aliphatic heterocycles. The molecule has 26 heavy (non-hydrogen) atoms. The van der Waals surface area contributed by atoms with E-state index in [2.05, 4.69) is 40.6 Å². The average Bonchev–Trinajstić information content (AvgIpc) is 2.91. The van der Waals surface area contributed by atoms with Crippen LogP contribution in [-0.4, -0.2) is 33.1 Å². The molecule has 0 saturated carbocycles. The molecule has 1 aliphatic carbocycles. The van der Waals surface area contributed by atoms with E-state index >= 15 is 0 Å². The van der Waals surface area contributed by atoms with Gasteiger partial charge < -0.3 is 9.67 Å². The van der Waals surface area contributed by atoms with Gasteiger partial charge in [0, 0.05) is 59.4 Å². The van der Waals surface area contributed by atoms with Crippen LogP contribution < -0.4 is 0 Å². The number of pyridine rings is 1. The van der Waals surface area contributed by atoms with E-state index in [-0.39, 0.29) is 0 Å². The van der Waals surface area contributed by atoms with Crippen molar-refractivity contribution in [2.24, 2.45) is 0 Å². The largest absolute Gasteiger partial charge is 0.383 e. The highest BCUT2D eigenvalue weighted by Gasteiger charge is 2.42. The molecule has 0 saturated heterocycles. The molecular weight excluding hydrogens is 346 g/mol. The normalized spacial score (nSPS) is 25.0. The van der Waals surface area contributed by atoms with E-state index in [1.165, 1.54) is 16.6 Å². The molecule has 2 atom stereocenters. The van der Waals surface area contributed by atoms with Crippen molar-refractivity contribution < 1.29 is 5.11 Å². The van der Waals surface area contributed by atoms with Gasteiger partial charge in [-0.25, -0.2) is 0 Å².